The minimum atomic E-state index is -0.800. The first-order chi connectivity index (χ1) is 17.8. The number of fused-ring (bicyclic) bond motifs is 1. The van der Waals surface area contributed by atoms with E-state index in [9.17, 15) is 14.4 Å². The SMILES string of the molecule is CCOC(=O)Oc1ccc(C(=O)NCc2cccc(NC(=O)c3ccc4nc(C)c(C)nc4c3)c2)cc1. The monoisotopic (exact) mass is 498 g/mol. The second-order valence-corrected chi connectivity index (χ2v) is 8.24. The quantitative estimate of drug-likeness (QED) is 0.273. The number of aryl methyl sites for hydroxylation is 2. The van der Waals surface area contributed by atoms with Crippen LogP contribution in [-0.2, 0) is 11.3 Å². The number of nitrogens with zero attached hydrogens (tertiary/aromatic N) is 2. The van der Waals surface area contributed by atoms with E-state index in [0.717, 1.165) is 22.5 Å². The summed E-state index contributed by atoms with van der Waals surface area (Å²) in [7, 11) is 0. The second-order valence-electron chi connectivity index (χ2n) is 8.24. The molecule has 2 amide bonds. The van der Waals surface area contributed by atoms with Crippen molar-refractivity contribution < 1.29 is 23.9 Å². The maximum Gasteiger partial charge on any atom is 0.513 e. The summed E-state index contributed by atoms with van der Waals surface area (Å²) in [6, 6.07) is 18.6. The number of rotatable bonds is 7. The summed E-state index contributed by atoms with van der Waals surface area (Å²) in [4.78, 5) is 45.8. The number of benzene rings is 3. The van der Waals surface area contributed by atoms with Crippen LogP contribution in [0.4, 0.5) is 10.5 Å². The molecule has 0 radical (unpaired) electrons. The van der Waals surface area contributed by atoms with Gasteiger partial charge in [0.25, 0.3) is 11.8 Å². The molecule has 0 aliphatic rings. The van der Waals surface area contributed by atoms with E-state index in [0.29, 0.717) is 22.3 Å². The molecule has 0 spiro atoms. The van der Waals surface area contributed by atoms with Crippen molar-refractivity contribution in [1.29, 1.82) is 0 Å². The van der Waals surface area contributed by atoms with Gasteiger partial charge in [-0.15, -0.1) is 0 Å². The van der Waals surface area contributed by atoms with Crippen LogP contribution >= 0.6 is 0 Å². The van der Waals surface area contributed by atoms with Crippen molar-refractivity contribution in [3.63, 3.8) is 0 Å². The molecule has 0 atom stereocenters. The molecular weight excluding hydrogens is 472 g/mol. The molecule has 37 heavy (non-hydrogen) atoms. The molecule has 4 rings (SSSR count). The lowest BCUT2D eigenvalue weighted by atomic mass is 10.1. The molecule has 9 heteroatoms. The summed E-state index contributed by atoms with van der Waals surface area (Å²) < 4.78 is 9.72. The Morgan fingerprint density at radius 2 is 1.51 bits per heavy atom. The van der Waals surface area contributed by atoms with Crippen LogP contribution in [0.15, 0.2) is 66.7 Å². The van der Waals surface area contributed by atoms with Crippen molar-refractivity contribution in [3.05, 3.63) is 94.8 Å². The zero-order valence-corrected chi connectivity index (χ0v) is 20.7. The van der Waals surface area contributed by atoms with Crippen LogP contribution in [0.2, 0.25) is 0 Å². The highest BCUT2D eigenvalue weighted by Crippen LogP contribution is 2.18. The Labute approximate surface area is 213 Å². The van der Waals surface area contributed by atoms with Gasteiger partial charge in [0.2, 0.25) is 0 Å². The highest BCUT2D eigenvalue weighted by atomic mass is 16.7. The summed E-state index contributed by atoms with van der Waals surface area (Å²) in [5.41, 5.74) is 5.36. The molecule has 0 bridgehead atoms. The highest BCUT2D eigenvalue weighted by Gasteiger charge is 2.11. The highest BCUT2D eigenvalue weighted by molar-refractivity contribution is 6.06. The molecule has 0 saturated heterocycles. The Morgan fingerprint density at radius 1 is 0.811 bits per heavy atom. The molecule has 0 saturated carbocycles. The van der Waals surface area contributed by atoms with Gasteiger partial charge in [-0.2, -0.15) is 0 Å². The minimum Gasteiger partial charge on any atom is -0.434 e. The lowest BCUT2D eigenvalue weighted by Gasteiger charge is -2.10. The van der Waals surface area contributed by atoms with Crippen LogP contribution in [0.25, 0.3) is 11.0 Å². The van der Waals surface area contributed by atoms with E-state index in [1.54, 1.807) is 55.5 Å². The maximum atomic E-state index is 12.8. The maximum absolute atomic E-state index is 12.8. The van der Waals surface area contributed by atoms with E-state index in [2.05, 4.69) is 20.6 Å². The number of hydrogen-bond donors (Lipinski definition) is 2. The van der Waals surface area contributed by atoms with E-state index < -0.39 is 6.16 Å². The molecule has 0 unspecified atom stereocenters. The van der Waals surface area contributed by atoms with Crippen LogP contribution in [0.3, 0.4) is 0 Å². The number of ether oxygens (including phenoxy) is 2. The summed E-state index contributed by atoms with van der Waals surface area (Å²) in [5, 5.41) is 5.73. The van der Waals surface area contributed by atoms with Crippen molar-refractivity contribution in [3.8, 4) is 5.75 Å². The Hall–Kier alpha value is -4.79. The van der Waals surface area contributed by atoms with Gasteiger partial charge in [-0.1, -0.05) is 12.1 Å². The molecule has 9 nitrogen and oxygen atoms in total. The fraction of sp³-hybridized carbons (Fsp3) is 0.179. The van der Waals surface area contributed by atoms with E-state index in [1.807, 2.05) is 19.9 Å². The van der Waals surface area contributed by atoms with Crippen molar-refractivity contribution in [1.82, 2.24) is 15.3 Å². The van der Waals surface area contributed by atoms with Gasteiger partial charge in [-0.3, -0.25) is 9.59 Å². The fourth-order valence-corrected chi connectivity index (χ4v) is 3.54. The normalized spacial score (nSPS) is 10.6. The molecule has 1 aromatic heterocycles. The van der Waals surface area contributed by atoms with Gasteiger partial charge in [0.1, 0.15) is 5.75 Å². The number of nitrogens with one attached hydrogen (secondary N) is 2. The van der Waals surface area contributed by atoms with Gasteiger partial charge < -0.3 is 20.1 Å². The predicted molar refractivity (Wildman–Crippen MR) is 139 cm³/mol. The first-order valence-electron chi connectivity index (χ1n) is 11.7. The lowest BCUT2D eigenvalue weighted by molar-refractivity contribution is 0.0950. The molecular formula is C28H26N4O5. The van der Waals surface area contributed by atoms with Crippen LogP contribution in [0, 0.1) is 13.8 Å². The molecule has 0 fully saturated rings. The van der Waals surface area contributed by atoms with Gasteiger partial charge in [0, 0.05) is 23.4 Å². The van der Waals surface area contributed by atoms with Crippen LogP contribution < -0.4 is 15.4 Å². The minimum absolute atomic E-state index is 0.211. The van der Waals surface area contributed by atoms with Gasteiger partial charge in [-0.05, 0) is 80.9 Å². The van der Waals surface area contributed by atoms with E-state index in [1.165, 1.54) is 12.1 Å². The molecule has 4 aromatic rings. The van der Waals surface area contributed by atoms with E-state index in [-0.39, 0.29) is 30.7 Å². The molecule has 3 aromatic carbocycles. The third-order valence-electron chi connectivity index (χ3n) is 5.56. The van der Waals surface area contributed by atoms with E-state index >= 15 is 0 Å². The largest absolute Gasteiger partial charge is 0.513 e. The first-order valence-corrected chi connectivity index (χ1v) is 11.7. The average Bonchev–Trinajstić information content (AvgIpc) is 2.88. The average molecular weight is 499 g/mol. The topological polar surface area (TPSA) is 120 Å². The summed E-state index contributed by atoms with van der Waals surface area (Å²) >= 11 is 0. The third kappa shape index (κ3) is 6.46. The van der Waals surface area contributed by atoms with Crippen LogP contribution in [0.1, 0.15) is 44.6 Å². The molecule has 1 heterocycles. The van der Waals surface area contributed by atoms with E-state index in [4.69, 9.17) is 9.47 Å². The number of carbonyl (C=O) groups excluding carboxylic acids is 3. The summed E-state index contributed by atoms with van der Waals surface area (Å²) in [6.45, 7) is 5.93. The zero-order chi connectivity index (χ0) is 26.4. The third-order valence-corrected chi connectivity index (χ3v) is 5.56. The van der Waals surface area contributed by atoms with Crippen LogP contribution in [0.5, 0.6) is 5.75 Å². The van der Waals surface area contributed by atoms with Gasteiger partial charge in [0.05, 0.1) is 29.0 Å². The molecule has 188 valence electrons. The van der Waals surface area contributed by atoms with Crippen molar-refractivity contribution in [2.45, 2.75) is 27.3 Å². The lowest BCUT2D eigenvalue weighted by Crippen LogP contribution is -2.22. The standard InChI is InChI=1S/C28H26N4O5/c1-4-36-28(35)37-23-11-8-20(9-12-23)26(33)29-16-19-6-5-7-22(14-19)32-27(34)21-10-13-24-25(15-21)31-18(3)17(2)30-24/h5-15H,4,16H2,1-3H3,(H,29,33)(H,32,34). The predicted octanol–water partition coefficient (Wildman–Crippen LogP) is 4.96. The Kier molecular flexibility index (Phi) is 7.73. The number of anilines is 1. The Bertz CT molecular complexity index is 1470. The number of amides is 2. The second kappa shape index (κ2) is 11.3. The first kappa shape index (κ1) is 25.3. The number of aromatic nitrogens is 2. The van der Waals surface area contributed by atoms with Crippen molar-refractivity contribution in [2.24, 2.45) is 0 Å². The molecule has 0 aliphatic heterocycles. The Morgan fingerprint density at radius 3 is 2.24 bits per heavy atom. The van der Waals surface area contributed by atoms with Gasteiger partial charge in [0.15, 0.2) is 0 Å². The Balaban J connectivity index is 1.36. The number of carbonyl (C=O) groups is 3. The van der Waals surface area contributed by atoms with Gasteiger partial charge in [-0.25, -0.2) is 14.8 Å². The van der Waals surface area contributed by atoms with Crippen molar-refractivity contribution >= 4 is 34.7 Å². The summed E-state index contributed by atoms with van der Waals surface area (Å²) in [6.07, 6.45) is -0.800. The fourth-order valence-electron chi connectivity index (χ4n) is 3.54. The molecule has 2 N–H and O–H groups in total. The van der Waals surface area contributed by atoms with Gasteiger partial charge >= 0.3 is 6.16 Å². The molecule has 0 aliphatic carbocycles. The van der Waals surface area contributed by atoms with Crippen molar-refractivity contribution in [2.75, 3.05) is 11.9 Å². The summed E-state index contributed by atoms with van der Waals surface area (Å²) in [5.74, 6) is -0.282. The van der Waals surface area contributed by atoms with Crippen LogP contribution in [-0.4, -0.2) is 34.5 Å². The zero-order valence-electron chi connectivity index (χ0n) is 20.7. The number of hydrogen-bond acceptors (Lipinski definition) is 7. The smallest absolute Gasteiger partial charge is 0.434 e.